The van der Waals surface area contributed by atoms with Gasteiger partial charge in [0.25, 0.3) is 0 Å². The van der Waals surface area contributed by atoms with Crippen molar-refractivity contribution in [2.24, 2.45) is 0 Å². The number of rotatable bonds is 5. The summed E-state index contributed by atoms with van der Waals surface area (Å²) in [5.74, 6) is -0.240. The van der Waals surface area contributed by atoms with E-state index in [0.29, 0.717) is 11.6 Å². The van der Waals surface area contributed by atoms with Gasteiger partial charge in [0, 0.05) is 5.02 Å². The van der Waals surface area contributed by atoms with Crippen LogP contribution >= 0.6 is 11.6 Å². The van der Waals surface area contributed by atoms with Gasteiger partial charge < -0.3 is 9.84 Å². The van der Waals surface area contributed by atoms with Gasteiger partial charge in [-0.1, -0.05) is 60.7 Å². The number of ether oxygens (including phenoxy) is 1. The Morgan fingerprint density at radius 2 is 1.73 bits per heavy atom. The molecular formula is C26H29ClO3. The van der Waals surface area contributed by atoms with Crippen molar-refractivity contribution in [3.63, 3.8) is 0 Å². The van der Waals surface area contributed by atoms with Crippen molar-refractivity contribution in [2.75, 3.05) is 6.61 Å². The number of halogens is 1. The van der Waals surface area contributed by atoms with Crippen LogP contribution in [0.2, 0.25) is 5.02 Å². The molecular weight excluding hydrogens is 396 g/mol. The lowest BCUT2D eigenvalue weighted by molar-refractivity contribution is -0.142. The molecule has 0 radical (unpaired) electrons. The van der Waals surface area contributed by atoms with E-state index in [1.807, 2.05) is 43.3 Å². The third-order valence-corrected chi connectivity index (χ3v) is 4.42. The van der Waals surface area contributed by atoms with Gasteiger partial charge in [-0.3, -0.25) is 4.79 Å². The fraction of sp³-hybridized carbons (Fsp3) is 0.269. The lowest BCUT2D eigenvalue weighted by Crippen LogP contribution is -2.10. The highest BCUT2D eigenvalue weighted by atomic mass is 35.5. The first-order valence-corrected chi connectivity index (χ1v) is 10.3. The molecule has 3 aromatic carbocycles. The zero-order valence-corrected chi connectivity index (χ0v) is 18.8. The van der Waals surface area contributed by atoms with E-state index >= 15 is 0 Å². The molecule has 4 heteroatoms. The number of hydrogen-bond donors (Lipinski definition) is 1. The molecule has 0 bridgehead atoms. The smallest absolute Gasteiger partial charge is 0.310 e. The summed E-state index contributed by atoms with van der Waals surface area (Å²) in [6.45, 7) is 11.3. The quantitative estimate of drug-likeness (QED) is 0.464. The maximum Gasteiger partial charge on any atom is 0.310 e. The minimum atomic E-state index is -0.500. The van der Waals surface area contributed by atoms with Gasteiger partial charge >= 0.3 is 5.97 Å². The largest absolute Gasteiger partial charge is 0.466 e. The summed E-state index contributed by atoms with van der Waals surface area (Å²) < 4.78 is 5.17. The van der Waals surface area contributed by atoms with Crippen LogP contribution in [0.25, 0.3) is 28.0 Å². The van der Waals surface area contributed by atoms with Crippen LogP contribution in [0.15, 0.2) is 61.2 Å². The number of fused-ring (bicyclic) bond motifs is 1. The second-order valence-corrected chi connectivity index (χ2v) is 8.34. The van der Waals surface area contributed by atoms with E-state index in [1.165, 1.54) is 0 Å². The van der Waals surface area contributed by atoms with Gasteiger partial charge in [0.05, 0.1) is 18.6 Å². The van der Waals surface area contributed by atoms with Gasteiger partial charge in [-0.25, -0.2) is 0 Å². The molecule has 0 saturated carbocycles. The highest BCUT2D eigenvalue weighted by molar-refractivity contribution is 6.30. The maximum atomic E-state index is 12.2. The summed E-state index contributed by atoms with van der Waals surface area (Å²) >= 11 is 6.05. The molecule has 0 fully saturated rings. The van der Waals surface area contributed by atoms with Crippen LogP contribution in [0.5, 0.6) is 0 Å². The van der Waals surface area contributed by atoms with E-state index in [2.05, 4.69) is 24.8 Å². The van der Waals surface area contributed by atoms with Crippen LogP contribution < -0.4 is 0 Å². The van der Waals surface area contributed by atoms with Crippen LogP contribution in [0, 0.1) is 0 Å². The average molecular weight is 425 g/mol. The van der Waals surface area contributed by atoms with Crippen LogP contribution in [0.3, 0.4) is 0 Å². The molecule has 0 unspecified atom stereocenters. The molecule has 0 aliphatic heterocycles. The zero-order chi connectivity index (χ0) is 22.3. The molecule has 30 heavy (non-hydrogen) atoms. The van der Waals surface area contributed by atoms with Crippen molar-refractivity contribution in [1.82, 2.24) is 0 Å². The third kappa shape index (κ3) is 6.72. The van der Waals surface area contributed by atoms with E-state index in [0.717, 1.165) is 33.0 Å². The Labute approximate surface area is 184 Å². The molecule has 0 aliphatic carbocycles. The average Bonchev–Trinajstić information content (AvgIpc) is 2.67. The van der Waals surface area contributed by atoms with Gasteiger partial charge in [0.2, 0.25) is 0 Å². The minimum Gasteiger partial charge on any atom is -0.466 e. The standard InChI is InChI=1S/C22H19ClO2.C4H10O/c1-3-15-13-17-7-5-6-8-19(17)22(16-9-11-18(23)12-10-16)20(15)14-21(24)25-4-2;1-4(2,3)5/h3,5-13H,1,4,14H2,2H3;5H,1-3H3. The topological polar surface area (TPSA) is 46.5 Å². The van der Waals surface area contributed by atoms with E-state index in [4.69, 9.17) is 21.4 Å². The van der Waals surface area contributed by atoms with Crippen molar-refractivity contribution < 1.29 is 14.6 Å². The molecule has 3 rings (SSSR count). The Hall–Kier alpha value is -2.62. The predicted molar refractivity (Wildman–Crippen MR) is 127 cm³/mol. The summed E-state index contributed by atoms with van der Waals surface area (Å²) in [5, 5.41) is 11.4. The first-order chi connectivity index (χ1) is 14.1. The first-order valence-electron chi connectivity index (χ1n) is 9.95. The van der Waals surface area contributed by atoms with Crippen molar-refractivity contribution in [3.8, 4) is 11.1 Å². The van der Waals surface area contributed by atoms with Crippen molar-refractivity contribution >= 4 is 34.4 Å². The predicted octanol–water partition coefficient (Wildman–Crippen LogP) is 6.69. The van der Waals surface area contributed by atoms with Crippen LogP contribution in [-0.4, -0.2) is 23.3 Å². The Bertz CT molecular complexity index is 1010. The van der Waals surface area contributed by atoms with E-state index in [1.54, 1.807) is 26.8 Å². The second kappa shape index (κ2) is 10.4. The van der Waals surface area contributed by atoms with Crippen LogP contribution in [0.4, 0.5) is 0 Å². The monoisotopic (exact) mass is 424 g/mol. The number of esters is 1. The fourth-order valence-corrected chi connectivity index (χ4v) is 3.21. The van der Waals surface area contributed by atoms with Gasteiger partial charge in [0.1, 0.15) is 0 Å². The Kier molecular flexibility index (Phi) is 8.22. The van der Waals surface area contributed by atoms with Crippen LogP contribution in [-0.2, 0) is 16.0 Å². The molecule has 0 saturated heterocycles. The molecule has 3 aromatic rings. The second-order valence-electron chi connectivity index (χ2n) is 7.90. The van der Waals surface area contributed by atoms with E-state index in [9.17, 15) is 4.79 Å². The highest BCUT2D eigenvalue weighted by Gasteiger charge is 2.17. The number of benzene rings is 3. The van der Waals surface area contributed by atoms with Gasteiger partial charge in [-0.15, -0.1) is 0 Å². The Balaban J connectivity index is 0.000000575. The molecule has 0 spiro atoms. The van der Waals surface area contributed by atoms with E-state index in [-0.39, 0.29) is 12.4 Å². The zero-order valence-electron chi connectivity index (χ0n) is 18.0. The molecule has 0 amide bonds. The molecule has 0 aliphatic rings. The summed E-state index contributed by atoms with van der Waals surface area (Å²) in [6, 6.07) is 17.9. The lowest BCUT2D eigenvalue weighted by Gasteiger charge is -2.17. The van der Waals surface area contributed by atoms with Crippen LogP contribution in [0.1, 0.15) is 38.8 Å². The van der Waals surface area contributed by atoms with Crippen molar-refractivity contribution in [3.05, 3.63) is 77.3 Å². The molecule has 1 N–H and O–H groups in total. The fourth-order valence-electron chi connectivity index (χ4n) is 3.09. The van der Waals surface area contributed by atoms with Crippen molar-refractivity contribution in [2.45, 2.75) is 39.7 Å². The Morgan fingerprint density at radius 1 is 1.13 bits per heavy atom. The third-order valence-electron chi connectivity index (χ3n) is 4.17. The summed E-state index contributed by atoms with van der Waals surface area (Å²) in [7, 11) is 0. The normalized spacial score (nSPS) is 10.9. The number of carbonyl (C=O) groups excluding carboxylic acids is 1. The molecule has 0 atom stereocenters. The van der Waals surface area contributed by atoms with E-state index < -0.39 is 5.60 Å². The molecule has 158 valence electrons. The summed E-state index contributed by atoms with van der Waals surface area (Å²) in [6.07, 6.45) is 2.00. The number of aliphatic hydroxyl groups is 1. The van der Waals surface area contributed by atoms with Gasteiger partial charge in [-0.2, -0.15) is 0 Å². The highest BCUT2D eigenvalue weighted by Crippen LogP contribution is 2.36. The SMILES string of the molecule is C=Cc1cc2ccccc2c(-c2ccc(Cl)cc2)c1CC(=O)OCC.CC(C)(C)O. The number of hydrogen-bond acceptors (Lipinski definition) is 3. The maximum absolute atomic E-state index is 12.2. The molecule has 3 nitrogen and oxygen atoms in total. The van der Waals surface area contributed by atoms with Gasteiger partial charge in [-0.05, 0) is 78.9 Å². The first kappa shape index (κ1) is 23.7. The number of carbonyl (C=O) groups is 1. The molecule has 0 heterocycles. The Morgan fingerprint density at radius 3 is 2.30 bits per heavy atom. The lowest BCUT2D eigenvalue weighted by atomic mass is 9.88. The summed E-state index contributed by atoms with van der Waals surface area (Å²) in [5.41, 5.74) is 3.41. The molecule has 0 aromatic heterocycles. The minimum absolute atomic E-state index is 0.206. The summed E-state index contributed by atoms with van der Waals surface area (Å²) in [4.78, 5) is 12.2. The van der Waals surface area contributed by atoms with Crippen molar-refractivity contribution in [1.29, 1.82) is 0 Å². The van der Waals surface area contributed by atoms with Gasteiger partial charge in [0.15, 0.2) is 0 Å².